The van der Waals surface area contributed by atoms with Crippen molar-refractivity contribution >= 4 is 8.19 Å². The van der Waals surface area contributed by atoms with Crippen molar-refractivity contribution < 1.29 is 0 Å². The smallest absolute Gasteiger partial charge is 0.0177 e. The summed E-state index contributed by atoms with van der Waals surface area (Å²) < 4.78 is 0. The summed E-state index contributed by atoms with van der Waals surface area (Å²) >= 11 is 0. The average molecular weight is 172 g/mol. The van der Waals surface area contributed by atoms with Gasteiger partial charge in [0.1, 0.15) is 0 Å². The molecule has 0 atom stereocenters. The minimum atomic E-state index is 1.28. The summed E-state index contributed by atoms with van der Waals surface area (Å²) in [6.45, 7) is 0. The summed E-state index contributed by atoms with van der Waals surface area (Å²) in [5.41, 5.74) is 2.59. The van der Waals surface area contributed by atoms with E-state index < -0.39 is 0 Å². The Hall–Kier alpha value is -1.13. The maximum Gasteiger partial charge on any atom is -0.0177 e. The van der Waals surface area contributed by atoms with Crippen LogP contribution in [0.2, 0.25) is 0 Å². The highest BCUT2D eigenvalue weighted by Gasteiger charge is 1.91. The lowest BCUT2D eigenvalue weighted by molar-refractivity contribution is 1.66. The van der Waals surface area contributed by atoms with E-state index in [9.17, 15) is 0 Å². The Morgan fingerprint density at radius 1 is 0.667 bits per heavy atom. The van der Waals surface area contributed by atoms with Gasteiger partial charge in [-0.3, -0.25) is 0 Å². The minimum Gasteiger partial charge on any atom is -0.0764 e. The molecule has 58 valence electrons. The van der Waals surface area contributed by atoms with Gasteiger partial charge in [0, 0.05) is 0 Å². The molecular formula is C11H9P. The second kappa shape index (κ2) is 3.51. The van der Waals surface area contributed by atoms with Gasteiger partial charge in [-0.05, 0) is 34.9 Å². The highest BCUT2D eigenvalue weighted by Crippen LogP contribution is 2.19. The molecule has 0 nitrogen and oxygen atoms in total. The van der Waals surface area contributed by atoms with Crippen LogP contribution in [-0.4, -0.2) is 0 Å². The van der Waals surface area contributed by atoms with E-state index in [0.717, 1.165) is 0 Å². The van der Waals surface area contributed by atoms with Gasteiger partial charge in [-0.25, -0.2) is 0 Å². The van der Waals surface area contributed by atoms with Gasteiger partial charge >= 0.3 is 0 Å². The molecule has 0 aliphatic rings. The quantitative estimate of drug-likeness (QED) is 0.611. The number of rotatable bonds is 1. The van der Waals surface area contributed by atoms with E-state index in [-0.39, 0.29) is 0 Å². The Bertz CT molecular complexity index is 302. The molecule has 1 aromatic heterocycles. The minimum absolute atomic E-state index is 1.28. The van der Waals surface area contributed by atoms with Crippen molar-refractivity contribution in [1.29, 1.82) is 0 Å². The average Bonchev–Trinajstić information content (AvgIpc) is 2.21. The standard InChI is InChI=1S/C11H9P/c1-2-4-10(5-3-1)11-6-8-12-9-7-11/h1-9H. The van der Waals surface area contributed by atoms with E-state index in [4.69, 9.17) is 0 Å². The van der Waals surface area contributed by atoms with Crippen molar-refractivity contribution in [1.82, 2.24) is 0 Å². The van der Waals surface area contributed by atoms with E-state index in [1.165, 1.54) is 19.3 Å². The number of benzene rings is 1. The Morgan fingerprint density at radius 3 is 1.92 bits per heavy atom. The summed E-state index contributed by atoms with van der Waals surface area (Å²) in [4.78, 5) is 0. The Labute approximate surface area is 74.0 Å². The maximum atomic E-state index is 2.16. The first kappa shape index (κ1) is 7.52. The van der Waals surface area contributed by atoms with E-state index in [1.807, 2.05) is 6.07 Å². The lowest BCUT2D eigenvalue weighted by Gasteiger charge is -1.98. The molecular weight excluding hydrogens is 163 g/mol. The fraction of sp³-hybridized carbons (Fsp3) is 0. The van der Waals surface area contributed by atoms with Crippen molar-refractivity contribution in [3.05, 3.63) is 54.1 Å². The molecule has 0 fully saturated rings. The van der Waals surface area contributed by atoms with Crippen molar-refractivity contribution in [2.45, 2.75) is 0 Å². The molecule has 0 saturated heterocycles. The third-order valence-electron chi connectivity index (χ3n) is 1.79. The molecule has 0 aliphatic heterocycles. The van der Waals surface area contributed by atoms with E-state index in [1.54, 1.807) is 0 Å². The molecule has 0 spiro atoms. The van der Waals surface area contributed by atoms with Crippen LogP contribution in [0.25, 0.3) is 11.1 Å². The first-order valence-electron chi connectivity index (χ1n) is 3.92. The summed E-state index contributed by atoms with van der Waals surface area (Å²) in [5.74, 6) is 4.31. The molecule has 0 bridgehead atoms. The van der Waals surface area contributed by atoms with Crippen LogP contribution in [0.3, 0.4) is 0 Å². The van der Waals surface area contributed by atoms with E-state index >= 15 is 0 Å². The fourth-order valence-corrected chi connectivity index (χ4v) is 1.77. The molecule has 2 rings (SSSR count). The lowest BCUT2D eigenvalue weighted by atomic mass is 10.1. The van der Waals surface area contributed by atoms with Crippen LogP contribution < -0.4 is 0 Å². The van der Waals surface area contributed by atoms with Crippen LogP contribution in [0.1, 0.15) is 0 Å². The predicted octanol–water partition coefficient (Wildman–Crippen LogP) is 3.93. The Morgan fingerprint density at radius 2 is 1.25 bits per heavy atom. The van der Waals surface area contributed by atoms with Gasteiger partial charge in [0.25, 0.3) is 0 Å². The lowest BCUT2D eigenvalue weighted by Crippen LogP contribution is -1.72. The second-order valence-electron chi connectivity index (χ2n) is 2.60. The molecule has 0 radical (unpaired) electrons. The van der Waals surface area contributed by atoms with Crippen LogP contribution >= 0.6 is 8.19 Å². The summed E-state index contributed by atoms with van der Waals surface area (Å²) in [5, 5.41) is 0. The number of hydrogen-bond acceptors (Lipinski definition) is 0. The molecule has 12 heavy (non-hydrogen) atoms. The highest BCUT2D eigenvalue weighted by molar-refractivity contribution is 7.28. The van der Waals surface area contributed by atoms with Crippen LogP contribution in [0.5, 0.6) is 0 Å². The van der Waals surface area contributed by atoms with Gasteiger partial charge < -0.3 is 0 Å². The van der Waals surface area contributed by atoms with Gasteiger partial charge in [-0.1, -0.05) is 38.5 Å². The van der Waals surface area contributed by atoms with Gasteiger partial charge in [0.15, 0.2) is 0 Å². The predicted molar refractivity (Wildman–Crippen MR) is 54.4 cm³/mol. The van der Waals surface area contributed by atoms with E-state index in [0.29, 0.717) is 0 Å². The Kier molecular flexibility index (Phi) is 2.20. The van der Waals surface area contributed by atoms with Crippen molar-refractivity contribution in [2.24, 2.45) is 0 Å². The van der Waals surface area contributed by atoms with Crippen LogP contribution in [0.4, 0.5) is 0 Å². The molecule has 1 aromatic carbocycles. The normalized spacial score (nSPS) is 9.67. The molecule has 2 aromatic rings. The van der Waals surface area contributed by atoms with Crippen molar-refractivity contribution in [3.8, 4) is 11.1 Å². The summed E-state index contributed by atoms with van der Waals surface area (Å²) in [7, 11) is 1.28. The molecule has 0 saturated carbocycles. The van der Waals surface area contributed by atoms with Crippen molar-refractivity contribution in [2.75, 3.05) is 0 Å². The van der Waals surface area contributed by atoms with Crippen LogP contribution in [0.15, 0.2) is 54.1 Å². The monoisotopic (exact) mass is 172 g/mol. The van der Waals surface area contributed by atoms with Gasteiger partial charge in [-0.15, -0.1) is 0 Å². The zero-order valence-electron chi connectivity index (χ0n) is 6.64. The third kappa shape index (κ3) is 1.54. The molecule has 0 N–H and O–H groups in total. The summed E-state index contributed by atoms with van der Waals surface area (Å²) in [6, 6.07) is 14.8. The molecule has 0 aliphatic carbocycles. The second-order valence-corrected chi connectivity index (χ2v) is 3.50. The Balaban J connectivity index is 2.46. The third-order valence-corrected chi connectivity index (χ3v) is 2.43. The first-order chi connectivity index (χ1) is 5.97. The van der Waals surface area contributed by atoms with Crippen LogP contribution in [-0.2, 0) is 0 Å². The van der Waals surface area contributed by atoms with Gasteiger partial charge in [0.2, 0.25) is 0 Å². The SMILES string of the molecule is c1ccc(-c2ccpcc2)cc1. The van der Waals surface area contributed by atoms with Gasteiger partial charge in [0.05, 0.1) is 0 Å². The zero-order valence-corrected chi connectivity index (χ0v) is 7.54. The zero-order chi connectivity index (χ0) is 8.23. The number of hydrogen-bond donors (Lipinski definition) is 0. The molecule has 0 amide bonds. The molecule has 1 heteroatoms. The van der Waals surface area contributed by atoms with Crippen LogP contribution in [0, 0.1) is 0 Å². The largest absolute Gasteiger partial charge is 0.0764 e. The molecule has 1 heterocycles. The van der Waals surface area contributed by atoms with Gasteiger partial charge in [-0.2, -0.15) is 0 Å². The topological polar surface area (TPSA) is 0 Å². The van der Waals surface area contributed by atoms with Crippen molar-refractivity contribution in [3.63, 3.8) is 0 Å². The molecule has 0 unspecified atom stereocenters. The first-order valence-corrected chi connectivity index (χ1v) is 4.95. The highest BCUT2D eigenvalue weighted by atomic mass is 31.0. The fourth-order valence-electron chi connectivity index (χ4n) is 1.17. The van der Waals surface area contributed by atoms with E-state index in [2.05, 4.69) is 48.0 Å². The summed E-state index contributed by atoms with van der Waals surface area (Å²) in [6.07, 6.45) is 0. The maximum absolute atomic E-state index is 2.16.